The van der Waals surface area contributed by atoms with E-state index in [2.05, 4.69) is 29.7 Å². The highest BCUT2D eigenvalue weighted by atomic mass is 32.2. The molecular formula is C19H28N2O2S. The first-order chi connectivity index (χ1) is 11.7. The zero-order chi connectivity index (χ0) is 16.8. The van der Waals surface area contributed by atoms with Crippen molar-refractivity contribution in [2.75, 3.05) is 12.4 Å². The van der Waals surface area contributed by atoms with Crippen LogP contribution in [-0.2, 0) is 4.74 Å². The minimum Gasteiger partial charge on any atom is -0.373 e. The molecule has 2 N–H and O–H groups in total. The quantitative estimate of drug-likeness (QED) is 0.849. The smallest absolute Gasteiger partial charge is 0.315 e. The number of urea groups is 1. The lowest BCUT2D eigenvalue weighted by Crippen LogP contribution is -2.47. The fourth-order valence-electron chi connectivity index (χ4n) is 3.70. The van der Waals surface area contributed by atoms with E-state index in [1.165, 1.54) is 12.0 Å². The molecule has 4 atom stereocenters. The number of amides is 2. The number of carbonyl (C=O) groups is 1. The summed E-state index contributed by atoms with van der Waals surface area (Å²) in [5.41, 5.74) is 1.19. The molecule has 2 amide bonds. The van der Waals surface area contributed by atoms with Crippen LogP contribution in [0.15, 0.2) is 30.3 Å². The fraction of sp³-hybridized carbons (Fsp3) is 0.632. The highest BCUT2D eigenvalue weighted by molar-refractivity contribution is 7.99. The Bertz CT molecular complexity index is 525. The van der Waals surface area contributed by atoms with Gasteiger partial charge in [-0.25, -0.2) is 4.79 Å². The Balaban J connectivity index is 1.44. The van der Waals surface area contributed by atoms with Crippen molar-refractivity contribution in [1.29, 1.82) is 0 Å². The van der Waals surface area contributed by atoms with Gasteiger partial charge in [-0.2, -0.15) is 11.8 Å². The molecular weight excluding hydrogens is 320 g/mol. The molecule has 24 heavy (non-hydrogen) atoms. The summed E-state index contributed by atoms with van der Waals surface area (Å²) < 4.78 is 5.88. The lowest BCUT2D eigenvalue weighted by molar-refractivity contribution is 0.00222. The van der Waals surface area contributed by atoms with Crippen molar-refractivity contribution < 1.29 is 9.53 Å². The third-order valence-electron chi connectivity index (χ3n) is 4.91. The maximum Gasteiger partial charge on any atom is 0.315 e. The number of rotatable bonds is 5. The van der Waals surface area contributed by atoms with Gasteiger partial charge >= 0.3 is 6.03 Å². The second-order valence-electron chi connectivity index (χ2n) is 6.70. The average molecular weight is 349 g/mol. The molecule has 2 aliphatic rings. The van der Waals surface area contributed by atoms with Crippen LogP contribution in [0.4, 0.5) is 4.79 Å². The summed E-state index contributed by atoms with van der Waals surface area (Å²) in [6.07, 6.45) is 5.24. The molecule has 1 aliphatic carbocycles. The van der Waals surface area contributed by atoms with Crippen LogP contribution in [0, 0.1) is 0 Å². The summed E-state index contributed by atoms with van der Waals surface area (Å²) in [6, 6.07) is 10.8. The topological polar surface area (TPSA) is 50.4 Å². The van der Waals surface area contributed by atoms with Gasteiger partial charge < -0.3 is 15.4 Å². The first kappa shape index (κ1) is 17.6. The molecule has 5 heteroatoms. The molecule has 2 fully saturated rings. The van der Waals surface area contributed by atoms with Gasteiger partial charge in [0, 0.05) is 23.9 Å². The molecule has 1 heterocycles. The molecule has 4 nitrogen and oxygen atoms in total. The molecule has 0 aromatic heterocycles. The first-order valence-corrected chi connectivity index (χ1v) is 10.1. The monoisotopic (exact) mass is 348 g/mol. The van der Waals surface area contributed by atoms with Gasteiger partial charge in [-0.15, -0.1) is 0 Å². The van der Waals surface area contributed by atoms with E-state index in [0.29, 0.717) is 17.9 Å². The van der Waals surface area contributed by atoms with Gasteiger partial charge in [-0.3, -0.25) is 0 Å². The van der Waals surface area contributed by atoms with Gasteiger partial charge in [-0.1, -0.05) is 37.3 Å². The molecule has 1 aliphatic heterocycles. The predicted octanol–water partition coefficient (Wildman–Crippen LogP) is 3.88. The number of hydrogen-bond donors (Lipinski definition) is 2. The van der Waals surface area contributed by atoms with E-state index in [1.807, 2.05) is 30.0 Å². The maximum absolute atomic E-state index is 12.3. The van der Waals surface area contributed by atoms with Gasteiger partial charge in [0.15, 0.2) is 0 Å². The minimum atomic E-state index is -0.0131. The SMILES string of the molecule is CCS[C@@H]1CC[C@H](NC(=O)N[C@H]2CCO[C@H](c3ccccc3)C2)C1. The summed E-state index contributed by atoms with van der Waals surface area (Å²) >= 11 is 2.02. The summed E-state index contributed by atoms with van der Waals surface area (Å²) in [5.74, 6) is 1.16. The third kappa shape index (κ3) is 4.90. The number of hydrogen-bond acceptors (Lipinski definition) is 3. The van der Waals surface area contributed by atoms with E-state index in [-0.39, 0.29) is 18.2 Å². The first-order valence-electron chi connectivity index (χ1n) is 9.09. The average Bonchev–Trinajstić information content (AvgIpc) is 3.03. The van der Waals surface area contributed by atoms with Crippen molar-refractivity contribution in [1.82, 2.24) is 10.6 Å². The van der Waals surface area contributed by atoms with Crippen LogP contribution in [0.1, 0.15) is 50.7 Å². The van der Waals surface area contributed by atoms with E-state index in [1.54, 1.807) is 0 Å². The highest BCUT2D eigenvalue weighted by Gasteiger charge is 2.28. The lowest BCUT2D eigenvalue weighted by atomic mass is 9.97. The second kappa shape index (κ2) is 8.77. The van der Waals surface area contributed by atoms with E-state index in [0.717, 1.165) is 31.4 Å². The number of nitrogens with one attached hydrogen (secondary N) is 2. The van der Waals surface area contributed by atoms with Crippen LogP contribution in [0.2, 0.25) is 0 Å². The van der Waals surface area contributed by atoms with Crippen LogP contribution in [-0.4, -0.2) is 35.7 Å². The molecule has 0 unspecified atom stereocenters. The Hall–Kier alpha value is -1.20. The van der Waals surface area contributed by atoms with E-state index in [9.17, 15) is 4.79 Å². The number of carbonyl (C=O) groups excluding carboxylic acids is 1. The molecule has 1 aromatic carbocycles. The molecule has 3 rings (SSSR count). The molecule has 1 saturated carbocycles. The van der Waals surface area contributed by atoms with Crippen molar-refractivity contribution in [2.24, 2.45) is 0 Å². The van der Waals surface area contributed by atoms with Crippen LogP contribution in [0.25, 0.3) is 0 Å². The van der Waals surface area contributed by atoms with Crippen LogP contribution < -0.4 is 10.6 Å². The molecule has 1 aromatic rings. The fourth-order valence-corrected chi connectivity index (χ4v) is 4.84. The highest BCUT2D eigenvalue weighted by Crippen LogP contribution is 2.30. The van der Waals surface area contributed by atoms with Gasteiger partial charge in [0.25, 0.3) is 0 Å². The molecule has 0 bridgehead atoms. The summed E-state index contributed by atoms with van der Waals surface area (Å²) in [7, 11) is 0. The van der Waals surface area contributed by atoms with Gasteiger partial charge in [-0.05, 0) is 43.4 Å². The van der Waals surface area contributed by atoms with Crippen molar-refractivity contribution in [2.45, 2.75) is 62.5 Å². The molecule has 132 valence electrons. The minimum absolute atomic E-state index is 0.0131. The van der Waals surface area contributed by atoms with Crippen molar-refractivity contribution in [3.05, 3.63) is 35.9 Å². The Morgan fingerprint density at radius 1 is 1.12 bits per heavy atom. The largest absolute Gasteiger partial charge is 0.373 e. The molecule has 1 saturated heterocycles. The Morgan fingerprint density at radius 3 is 2.62 bits per heavy atom. The van der Waals surface area contributed by atoms with Gasteiger partial charge in [0.05, 0.1) is 6.10 Å². The van der Waals surface area contributed by atoms with Gasteiger partial charge in [0.1, 0.15) is 0 Å². The number of thioether (sulfide) groups is 1. The summed E-state index contributed by atoms with van der Waals surface area (Å²) in [4.78, 5) is 12.3. The number of benzene rings is 1. The van der Waals surface area contributed by atoms with Crippen molar-refractivity contribution >= 4 is 17.8 Å². The van der Waals surface area contributed by atoms with Crippen molar-refractivity contribution in [3.8, 4) is 0 Å². The lowest BCUT2D eigenvalue weighted by Gasteiger charge is -2.30. The van der Waals surface area contributed by atoms with Crippen molar-refractivity contribution in [3.63, 3.8) is 0 Å². The Kier molecular flexibility index (Phi) is 6.44. The number of ether oxygens (including phenoxy) is 1. The zero-order valence-corrected chi connectivity index (χ0v) is 15.2. The summed E-state index contributed by atoms with van der Waals surface area (Å²) in [6.45, 7) is 2.90. The normalized spacial score (nSPS) is 30.0. The van der Waals surface area contributed by atoms with Crippen LogP contribution in [0.3, 0.4) is 0 Å². The van der Waals surface area contributed by atoms with E-state index >= 15 is 0 Å². The Morgan fingerprint density at radius 2 is 1.88 bits per heavy atom. The predicted molar refractivity (Wildman–Crippen MR) is 99.4 cm³/mol. The van der Waals surface area contributed by atoms with Crippen LogP contribution >= 0.6 is 11.8 Å². The Labute approximate surface area is 149 Å². The van der Waals surface area contributed by atoms with Crippen LogP contribution in [0.5, 0.6) is 0 Å². The van der Waals surface area contributed by atoms with E-state index in [4.69, 9.17) is 4.74 Å². The third-order valence-corrected chi connectivity index (χ3v) is 6.15. The second-order valence-corrected chi connectivity index (χ2v) is 8.27. The molecule has 0 spiro atoms. The maximum atomic E-state index is 12.3. The summed E-state index contributed by atoms with van der Waals surface area (Å²) in [5, 5.41) is 7.03. The standard InChI is InChI=1S/C19H28N2O2S/c1-2-24-17-9-8-15(12-17)20-19(22)21-16-10-11-23-18(13-16)14-6-4-3-5-7-14/h3-7,15-18H,2,8-13H2,1H3,(H2,20,21,22)/t15-,16-,17+,18-/m0/s1. The van der Waals surface area contributed by atoms with E-state index < -0.39 is 0 Å². The molecule has 0 radical (unpaired) electrons. The zero-order valence-electron chi connectivity index (χ0n) is 14.4. The van der Waals surface area contributed by atoms with Gasteiger partial charge in [0.2, 0.25) is 0 Å².